The lowest BCUT2D eigenvalue weighted by molar-refractivity contribution is 0.0584. The maximum absolute atomic E-state index is 13.6. The van der Waals surface area contributed by atoms with Crippen molar-refractivity contribution in [1.29, 1.82) is 0 Å². The Morgan fingerprint density at radius 1 is 1.39 bits per heavy atom. The zero-order valence-electron chi connectivity index (χ0n) is 11.2. The van der Waals surface area contributed by atoms with Crippen LogP contribution in [0.3, 0.4) is 0 Å². The van der Waals surface area contributed by atoms with Crippen molar-refractivity contribution in [3.63, 3.8) is 0 Å². The molecular formula is C14H23FN2O. The van der Waals surface area contributed by atoms with Crippen LogP contribution in [0, 0.1) is 5.82 Å². The first-order valence-electron chi connectivity index (χ1n) is 6.42. The van der Waals surface area contributed by atoms with Gasteiger partial charge in [0.25, 0.3) is 0 Å². The molecule has 0 aliphatic rings. The minimum atomic E-state index is -0.825. The summed E-state index contributed by atoms with van der Waals surface area (Å²) < 4.78 is 13.6. The Kier molecular flexibility index (Phi) is 5.56. The van der Waals surface area contributed by atoms with Gasteiger partial charge in [-0.05, 0) is 38.8 Å². The molecule has 0 aliphatic carbocycles. The summed E-state index contributed by atoms with van der Waals surface area (Å²) in [5.74, 6) is -0.204. The molecule has 0 radical (unpaired) electrons. The van der Waals surface area contributed by atoms with Crippen LogP contribution >= 0.6 is 0 Å². The smallest absolute Gasteiger partial charge is 0.146 e. The maximum Gasteiger partial charge on any atom is 0.146 e. The molecule has 3 nitrogen and oxygen atoms in total. The highest BCUT2D eigenvalue weighted by molar-refractivity contribution is 5.47. The van der Waals surface area contributed by atoms with Crippen molar-refractivity contribution in [2.45, 2.75) is 32.3 Å². The number of aliphatic hydroxyl groups is 1. The summed E-state index contributed by atoms with van der Waals surface area (Å²) in [7, 11) is 0. The van der Waals surface area contributed by atoms with Crippen LogP contribution in [-0.4, -0.2) is 30.3 Å². The van der Waals surface area contributed by atoms with Crippen molar-refractivity contribution in [2.24, 2.45) is 5.73 Å². The first kappa shape index (κ1) is 14.9. The molecule has 4 heteroatoms. The molecule has 1 aromatic rings. The molecule has 1 aromatic carbocycles. The molecular weight excluding hydrogens is 231 g/mol. The molecule has 0 amide bonds. The van der Waals surface area contributed by atoms with Gasteiger partial charge in [-0.25, -0.2) is 4.39 Å². The van der Waals surface area contributed by atoms with Crippen molar-refractivity contribution in [3.05, 3.63) is 30.1 Å². The van der Waals surface area contributed by atoms with Crippen LogP contribution < -0.4 is 10.6 Å². The predicted molar refractivity (Wildman–Crippen MR) is 73.2 cm³/mol. The maximum atomic E-state index is 13.6. The number of benzene rings is 1. The minimum absolute atomic E-state index is 0.204. The quantitative estimate of drug-likeness (QED) is 0.784. The van der Waals surface area contributed by atoms with Gasteiger partial charge in [-0.3, -0.25) is 0 Å². The molecule has 0 fully saturated rings. The van der Waals surface area contributed by atoms with E-state index >= 15 is 0 Å². The fourth-order valence-electron chi connectivity index (χ4n) is 1.91. The monoisotopic (exact) mass is 254 g/mol. The Labute approximate surface area is 108 Å². The molecule has 0 aliphatic heterocycles. The number of nitrogens with two attached hydrogens (primary N) is 1. The fourth-order valence-corrected chi connectivity index (χ4v) is 1.91. The first-order chi connectivity index (χ1) is 8.50. The van der Waals surface area contributed by atoms with Gasteiger partial charge in [0.05, 0.1) is 11.3 Å². The number of hydrogen-bond acceptors (Lipinski definition) is 3. The molecule has 1 unspecified atom stereocenters. The lowest BCUT2D eigenvalue weighted by atomic mass is 10.0. The van der Waals surface area contributed by atoms with E-state index in [4.69, 9.17) is 5.73 Å². The molecule has 0 saturated heterocycles. The second kappa shape index (κ2) is 6.71. The lowest BCUT2D eigenvalue weighted by Gasteiger charge is -2.26. The Morgan fingerprint density at radius 3 is 2.61 bits per heavy atom. The van der Waals surface area contributed by atoms with Crippen molar-refractivity contribution in [3.8, 4) is 0 Å². The van der Waals surface area contributed by atoms with E-state index in [9.17, 15) is 9.50 Å². The highest BCUT2D eigenvalue weighted by Gasteiger charge is 2.18. The van der Waals surface area contributed by atoms with Crippen LogP contribution in [-0.2, 0) is 0 Å². The number of hydrogen-bond donors (Lipinski definition) is 2. The van der Waals surface area contributed by atoms with Crippen LogP contribution in [0.2, 0.25) is 0 Å². The van der Waals surface area contributed by atoms with E-state index < -0.39 is 5.60 Å². The van der Waals surface area contributed by atoms with Gasteiger partial charge in [-0.2, -0.15) is 0 Å². The van der Waals surface area contributed by atoms with Crippen molar-refractivity contribution in [2.75, 3.05) is 24.5 Å². The van der Waals surface area contributed by atoms with Gasteiger partial charge in [0.1, 0.15) is 5.82 Å². The van der Waals surface area contributed by atoms with E-state index in [1.54, 1.807) is 19.1 Å². The predicted octanol–water partition coefficient (Wildman–Crippen LogP) is 2.14. The van der Waals surface area contributed by atoms with E-state index in [1.165, 1.54) is 6.07 Å². The zero-order valence-corrected chi connectivity index (χ0v) is 11.2. The summed E-state index contributed by atoms with van der Waals surface area (Å²) in [6.45, 7) is 5.43. The van der Waals surface area contributed by atoms with Gasteiger partial charge >= 0.3 is 0 Å². The Bertz CT molecular complexity index is 369. The molecule has 1 atom stereocenters. The van der Waals surface area contributed by atoms with E-state index in [0.717, 1.165) is 13.0 Å². The minimum Gasteiger partial charge on any atom is -0.389 e. The van der Waals surface area contributed by atoms with Gasteiger partial charge in [0.15, 0.2) is 0 Å². The van der Waals surface area contributed by atoms with Gasteiger partial charge in [-0.15, -0.1) is 0 Å². The van der Waals surface area contributed by atoms with Crippen LogP contribution in [0.15, 0.2) is 24.3 Å². The van der Waals surface area contributed by atoms with Crippen molar-refractivity contribution < 1.29 is 9.50 Å². The van der Waals surface area contributed by atoms with Gasteiger partial charge < -0.3 is 15.7 Å². The number of nitrogens with zero attached hydrogens (tertiary/aromatic N) is 1. The average molecular weight is 254 g/mol. The molecule has 0 bridgehead atoms. The van der Waals surface area contributed by atoms with Crippen LogP contribution in [0.1, 0.15) is 26.7 Å². The summed E-state index contributed by atoms with van der Waals surface area (Å²) in [5.41, 5.74) is 5.26. The molecule has 0 spiro atoms. The summed E-state index contributed by atoms with van der Waals surface area (Å²) >= 11 is 0. The summed E-state index contributed by atoms with van der Waals surface area (Å²) in [6, 6.07) is 6.76. The molecule has 0 heterocycles. The Morgan fingerprint density at radius 2 is 2.06 bits per heavy atom. The molecule has 0 aromatic heterocycles. The highest BCUT2D eigenvalue weighted by Crippen LogP contribution is 2.20. The van der Waals surface area contributed by atoms with Crippen LogP contribution in [0.4, 0.5) is 10.1 Å². The highest BCUT2D eigenvalue weighted by atomic mass is 19.1. The molecule has 0 saturated carbocycles. The zero-order chi connectivity index (χ0) is 13.6. The standard InChI is InChI=1S/C14H23FN2O/c1-3-17(10-6-9-14(2,18)11-16)13-8-5-4-7-12(13)15/h4-5,7-8,18H,3,6,9-11,16H2,1-2H3. The van der Waals surface area contributed by atoms with Crippen molar-refractivity contribution in [1.82, 2.24) is 0 Å². The third kappa shape index (κ3) is 4.27. The summed E-state index contributed by atoms with van der Waals surface area (Å²) in [4.78, 5) is 1.97. The average Bonchev–Trinajstić information content (AvgIpc) is 2.36. The van der Waals surface area contributed by atoms with Crippen molar-refractivity contribution >= 4 is 5.69 Å². The fraction of sp³-hybridized carbons (Fsp3) is 0.571. The topological polar surface area (TPSA) is 49.5 Å². The van der Waals surface area contributed by atoms with Gasteiger partial charge in [-0.1, -0.05) is 12.1 Å². The second-order valence-electron chi connectivity index (χ2n) is 4.84. The van der Waals surface area contributed by atoms with Gasteiger partial charge in [0, 0.05) is 19.6 Å². The number of halogens is 1. The number of para-hydroxylation sites is 1. The lowest BCUT2D eigenvalue weighted by Crippen LogP contribution is -2.35. The third-order valence-corrected chi connectivity index (χ3v) is 3.16. The van der Waals surface area contributed by atoms with Crippen LogP contribution in [0.5, 0.6) is 0 Å². The number of anilines is 1. The molecule has 3 N–H and O–H groups in total. The van der Waals surface area contributed by atoms with Crippen LogP contribution in [0.25, 0.3) is 0 Å². The molecule has 102 valence electrons. The van der Waals surface area contributed by atoms with E-state index in [2.05, 4.69) is 0 Å². The molecule has 18 heavy (non-hydrogen) atoms. The van der Waals surface area contributed by atoms with E-state index in [-0.39, 0.29) is 12.4 Å². The summed E-state index contributed by atoms with van der Waals surface area (Å²) in [6.07, 6.45) is 1.40. The Hall–Kier alpha value is -1.13. The van der Waals surface area contributed by atoms with E-state index in [1.807, 2.05) is 17.9 Å². The second-order valence-corrected chi connectivity index (χ2v) is 4.84. The van der Waals surface area contributed by atoms with E-state index in [0.29, 0.717) is 18.7 Å². The van der Waals surface area contributed by atoms with Gasteiger partial charge in [0.2, 0.25) is 0 Å². The SMILES string of the molecule is CCN(CCCC(C)(O)CN)c1ccccc1F. The molecule has 1 rings (SSSR count). The normalized spacial score (nSPS) is 14.3. The first-order valence-corrected chi connectivity index (χ1v) is 6.42. The number of rotatable bonds is 7. The third-order valence-electron chi connectivity index (χ3n) is 3.16. The largest absolute Gasteiger partial charge is 0.389 e. The Balaban J connectivity index is 2.56. The summed E-state index contributed by atoms with van der Waals surface area (Å²) in [5, 5.41) is 9.82.